The summed E-state index contributed by atoms with van der Waals surface area (Å²) in [4.78, 5) is 14.6. The van der Waals surface area contributed by atoms with Crippen LogP contribution in [0.3, 0.4) is 0 Å². The van der Waals surface area contributed by atoms with E-state index in [-0.39, 0.29) is 0 Å². The van der Waals surface area contributed by atoms with Gasteiger partial charge in [0, 0.05) is 23.3 Å². The molecule has 0 spiro atoms. The van der Waals surface area contributed by atoms with Gasteiger partial charge in [-0.25, -0.2) is 4.79 Å². The third kappa shape index (κ3) is 1.67. The molecular weight excluding hydrogens is 194 g/mol. The summed E-state index contributed by atoms with van der Waals surface area (Å²) in [6, 6.07) is 6.91. The molecule has 2 N–H and O–H groups in total. The van der Waals surface area contributed by atoms with E-state index in [9.17, 15) is 9.90 Å². The third-order valence-corrected chi connectivity index (χ3v) is 2.25. The smallest absolute Gasteiger partial charge is 0.337 e. The largest absolute Gasteiger partial charge is 0.479 e. The number of pyridine rings is 1. The second-order valence-electron chi connectivity index (χ2n) is 3.18. The van der Waals surface area contributed by atoms with Crippen LogP contribution in [0.1, 0.15) is 11.7 Å². The lowest BCUT2D eigenvalue weighted by atomic mass is 10.0. The van der Waals surface area contributed by atoms with Gasteiger partial charge in [0.2, 0.25) is 0 Å². The predicted octanol–water partition coefficient (Wildman–Crippen LogP) is 1.35. The number of nitrogens with zero attached hydrogens (tertiary/aromatic N) is 1. The molecule has 4 heteroatoms. The van der Waals surface area contributed by atoms with Crippen molar-refractivity contribution in [1.29, 1.82) is 0 Å². The van der Waals surface area contributed by atoms with E-state index in [0.29, 0.717) is 10.9 Å². The normalized spacial score (nSPS) is 12.6. The van der Waals surface area contributed by atoms with Gasteiger partial charge in [-0.1, -0.05) is 18.2 Å². The van der Waals surface area contributed by atoms with Gasteiger partial charge in [-0.15, -0.1) is 0 Å². The van der Waals surface area contributed by atoms with Crippen LogP contribution in [-0.4, -0.2) is 21.2 Å². The van der Waals surface area contributed by atoms with Gasteiger partial charge in [-0.05, 0) is 11.5 Å². The summed E-state index contributed by atoms with van der Waals surface area (Å²) in [5.74, 6) is -1.26. The fraction of sp³-hybridized carbons (Fsp3) is 0.0909. The minimum atomic E-state index is -1.50. The number of carboxylic acids is 1. The maximum Gasteiger partial charge on any atom is 0.337 e. The number of aliphatic hydroxyl groups is 1. The van der Waals surface area contributed by atoms with Crippen molar-refractivity contribution in [3.8, 4) is 0 Å². The molecule has 0 aliphatic carbocycles. The second-order valence-corrected chi connectivity index (χ2v) is 3.18. The lowest BCUT2D eigenvalue weighted by Crippen LogP contribution is -2.10. The van der Waals surface area contributed by atoms with Crippen LogP contribution in [0.5, 0.6) is 0 Å². The Kier molecular flexibility index (Phi) is 2.35. The molecule has 4 nitrogen and oxygen atoms in total. The monoisotopic (exact) mass is 203 g/mol. The van der Waals surface area contributed by atoms with Crippen molar-refractivity contribution in [3.63, 3.8) is 0 Å². The Morgan fingerprint density at radius 2 is 2.13 bits per heavy atom. The zero-order valence-corrected chi connectivity index (χ0v) is 7.79. The van der Waals surface area contributed by atoms with Crippen molar-refractivity contribution in [1.82, 2.24) is 4.98 Å². The SMILES string of the molecule is O=C(O)C(O)c1cccc2ccncc12. The first kappa shape index (κ1) is 9.61. The van der Waals surface area contributed by atoms with Gasteiger partial charge in [0.25, 0.3) is 0 Å². The number of fused-ring (bicyclic) bond motifs is 1. The molecule has 0 saturated heterocycles. The Balaban J connectivity index is 2.65. The van der Waals surface area contributed by atoms with Crippen molar-refractivity contribution in [3.05, 3.63) is 42.2 Å². The Bertz CT molecular complexity index is 505. The van der Waals surface area contributed by atoms with Crippen molar-refractivity contribution < 1.29 is 15.0 Å². The number of hydrogen-bond acceptors (Lipinski definition) is 3. The van der Waals surface area contributed by atoms with E-state index < -0.39 is 12.1 Å². The van der Waals surface area contributed by atoms with Gasteiger partial charge < -0.3 is 10.2 Å². The number of aliphatic hydroxyl groups excluding tert-OH is 1. The molecule has 15 heavy (non-hydrogen) atoms. The molecule has 0 amide bonds. The summed E-state index contributed by atoms with van der Waals surface area (Å²) in [6.07, 6.45) is 1.67. The van der Waals surface area contributed by atoms with Gasteiger partial charge in [-0.2, -0.15) is 0 Å². The van der Waals surface area contributed by atoms with Gasteiger partial charge in [0.05, 0.1) is 0 Å². The zero-order valence-electron chi connectivity index (χ0n) is 7.79. The Hall–Kier alpha value is -1.94. The van der Waals surface area contributed by atoms with Crippen molar-refractivity contribution >= 4 is 16.7 Å². The summed E-state index contributed by atoms with van der Waals surface area (Å²) >= 11 is 0. The molecule has 0 bridgehead atoms. The maximum absolute atomic E-state index is 10.7. The van der Waals surface area contributed by atoms with E-state index in [4.69, 9.17) is 5.11 Å². The topological polar surface area (TPSA) is 70.4 Å². The van der Waals surface area contributed by atoms with Crippen molar-refractivity contribution in [2.75, 3.05) is 0 Å². The number of aliphatic carboxylic acids is 1. The van der Waals surface area contributed by atoms with Gasteiger partial charge in [-0.3, -0.25) is 4.98 Å². The highest BCUT2D eigenvalue weighted by Crippen LogP contribution is 2.23. The first-order valence-corrected chi connectivity index (χ1v) is 4.43. The molecular formula is C11H9NO3. The first-order valence-electron chi connectivity index (χ1n) is 4.43. The highest BCUT2D eigenvalue weighted by molar-refractivity contribution is 5.89. The summed E-state index contributed by atoms with van der Waals surface area (Å²) in [5.41, 5.74) is 0.369. The van der Waals surface area contributed by atoms with Crippen LogP contribution >= 0.6 is 0 Å². The third-order valence-electron chi connectivity index (χ3n) is 2.25. The molecule has 0 saturated carbocycles. The van der Waals surface area contributed by atoms with E-state index >= 15 is 0 Å². The molecule has 0 radical (unpaired) electrons. The fourth-order valence-electron chi connectivity index (χ4n) is 1.51. The maximum atomic E-state index is 10.7. The molecule has 0 aliphatic rings. The highest BCUT2D eigenvalue weighted by Gasteiger charge is 2.17. The van der Waals surface area contributed by atoms with E-state index in [2.05, 4.69) is 4.98 Å². The lowest BCUT2D eigenvalue weighted by molar-refractivity contribution is -0.146. The molecule has 2 rings (SSSR count). The molecule has 0 fully saturated rings. The summed E-state index contributed by atoms with van der Waals surface area (Å²) in [5, 5.41) is 19.7. The van der Waals surface area contributed by atoms with Gasteiger partial charge >= 0.3 is 5.97 Å². The Morgan fingerprint density at radius 3 is 2.87 bits per heavy atom. The number of rotatable bonds is 2. The van der Waals surface area contributed by atoms with Crippen LogP contribution in [0.2, 0.25) is 0 Å². The molecule has 1 aromatic heterocycles. The van der Waals surface area contributed by atoms with Crippen molar-refractivity contribution in [2.24, 2.45) is 0 Å². The first-order chi connectivity index (χ1) is 7.20. The highest BCUT2D eigenvalue weighted by atomic mass is 16.4. The van der Waals surface area contributed by atoms with E-state index in [1.54, 1.807) is 30.6 Å². The molecule has 2 aromatic rings. The van der Waals surface area contributed by atoms with Crippen LogP contribution in [0.25, 0.3) is 10.8 Å². The quantitative estimate of drug-likeness (QED) is 0.772. The number of hydrogen-bond donors (Lipinski definition) is 2. The van der Waals surface area contributed by atoms with Crippen LogP contribution in [-0.2, 0) is 4.79 Å². The van der Waals surface area contributed by atoms with Crippen LogP contribution in [0.15, 0.2) is 36.7 Å². The Morgan fingerprint density at radius 1 is 1.33 bits per heavy atom. The number of carbonyl (C=O) groups is 1. The molecule has 1 aromatic carbocycles. The second kappa shape index (κ2) is 3.67. The van der Waals surface area contributed by atoms with Crippen LogP contribution < -0.4 is 0 Å². The number of carboxylic acid groups (broad SMARTS) is 1. The summed E-state index contributed by atoms with van der Waals surface area (Å²) in [7, 11) is 0. The van der Waals surface area contributed by atoms with Gasteiger partial charge in [0.1, 0.15) is 0 Å². The lowest BCUT2D eigenvalue weighted by Gasteiger charge is -2.08. The zero-order chi connectivity index (χ0) is 10.8. The summed E-state index contributed by atoms with van der Waals surface area (Å²) < 4.78 is 0. The van der Waals surface area contributed by atoms with E-state index in [0.717, 1.165) is 5.39 Å². The Labute approximate surface area is 85.8 Å². The molecule has 1 unspecified atom stereocenters. The van der Waals surface area contributed by atoms with Gasteiger partial charge in [0.15, 0.2) is 6.10 Å². The van der Waals surface area contributed by atoms with E-state index in [1.165, 1.54) is 0 Å². The molecule has 76 valence electrons. The van der Waals surface area contributed by atoms with Crippen molar-refractivity contribution in [2.45, 2.75) is 6.10 Å². The van der Waals surface area contributed by atoms with Crippen LogP contribution in [0, 0.1) is 0 Å². The number of aromatic nitrogens is 1. The minimum absolute atomic E-state index is 0.369. The van der Waals surface area contributed by atoms with E-state index in [1.807, 2.05) is 6.07 Å². The predicted molar refractivity (Wildman–Crippen MR) is 54.3 cm³/mol. The molecule has 1 atom stereocenters. The average Bonchev–Trinajstić information content (AvgIpc) is 2.27. The minimum Gasteiger partial charge on any atom is -0.479 e. The fourth-order valence-corrected chi connectivity index (χ4v) is 1.51. The average molecular weight is 203 g/mol. The number of benzene rings is 1. The standard InChI is InChI=1S/C11H9NO3/c13-10(11(14)15)8-3-1-2-7-4-5-12-6-9(7)8/h1-6,10,13H,(H,14,15). The van der Waals surface area contributed by atoms with Crippen LogP contribution in [0.4, 0.5) is 0 Å². The molecule has 0 aliphatic heterocycles. The summed E-state index contributed by atoms with van der Waals surface area (Å²) in [6.45, 7) is 0. The molecule has 1 heterocycles.